The van der Waals surface area contributed by atoms with E-state index < -0.39 is 17.7 Å². The summed E-state index contributed by atoms with van der Waals surface area (Å²) in [5.41, 5.74) is 7.32. The predicted octanol–water partition coefficient (Wildman–Crippen LogP) is 2.33. The van der Waals surface area contributed by atoms with Crippen LogP contribution in [0.1, 0.15) is 22.6 Å². The van der Waals surface area contributed by atoms with Crippen LogP contribution in [0.4, 0.5) is 4.39 Å². The zero-order valence-electron chi connectivity index (χ0n) is 9.05. The third-order valence-electron chi connectivity index (χ3n) is 2.67. The maximum atomic E-state index is 13.5. The number of hydrogen-bond donors (Lipinski definition) is 2. The minimum absolute atomic E-state index is 0.0579. The number of aryl methyl sites for hydroxylation is 1. The molecular weight excluding hydrogens is 277 g/mol. The van der Waals surface area contributed by atoms with Crippen LogP contribution in [-0.4, -0.2) is 17.6 Å². The molecule has 1 atom stereocenters. The van der Waals surface area contributed by atoms with Crippen molar-refractivity contribution < 1.29 is 14.3 Å². The molecule has 1 rings (SSSR count). The van der Waals surface area contributed by atoms with Crippen LogP contribution in [0, 0.1) is 19.7 Å². The van der Waals surface area contributed by atoms with Gasteiger partial charge in [0.25, 0.3) is 0 Å². The van der Waals surface area contributed by atoms with E-state index in [1.807, 2.05) is 0 Å². The van der Waals surface area contributed by atoms with Crippen LogP contribution < -0.4 is 5.73 Å². The Morgan fingerprint density at radius 2 is 2.19 bits per heavy atom. The van der Waals surface area contributed by atoms with Gasteiger partial charge in [-0.05, 0) is 52.5 Å². The Bertz CT molecular complexity index is 408. The number of benzene rings is 1. The number of rotatable bonds is 3. The molecule has 0 saturated carbocycles. The first kappa shape index (κ1) is 13.1. The molecule has 88 valence electrons. The van der Waals surface area contributed by atoms with Crippen LogP contribution in [0.5, 0.6) is 0 Å². The molecule has 1 aromatic carbocycles. The molecule has 1 aromatic rings. The Labute approximate surface area is 102 Å². The Hall–Kier alpha value is -0.940. The summed E-state index contributed by atoms with van der Waals surface area (Å²) in [6.45, 7) is 3.45. The van der Waals surface area contributed by atoms with Gasteiger partial charge in [0.1, 0.15) is 5.82 Å². The SMILES string of the molecule is Cc1cc(F)c(Br)c(C(CN)C(=O)O)c1C. The van der Waals surface area contributed by atoms with Crippen molar-refractivity contribution >= 4 is 21.9 Å². The van der Waals surface area contributed by atoms with Gasteiger partial charge in [-0.2, -0.15) is 0 Å². The number of halogens is 2. The second-order valence-corrected chi connectivity index (χ2v) is 4.45. The average Bonchev–Trinajstić information content (AvgIpc) is 2.21. The maximum absolute atomic E-state index is 13.5. The molecular formula is C11H13BrFNO2. The van der Waals surface area contributed by atoms with E-state index in [2.05, 4.69) is 15.9 Å². The highest BCUT2D eigenvalue weighted by atomic mass is 79.9. The molecule has 5 heteroatoms. The van der Waals surface area contributed by atoms with Crippen molar-refractivity contribution in [3.05, 3.63) is 33.0 Å². The lowest BCUT2D eigenvalue weighted by atomic mass is 9.92. The van der Waals surface area contributed by atoms with E-state index in [0.717, 1.165) is 11.1 Å². The summed E-state index contributed by atoms with van der Waals surface area (Å²) >= 11 is 3.08. The smallest absolute Gasteiger partial charge is 0.312 e. The largest absolute Gasteiger partial charge is 0.481 e. The van der Waals surface area contributed by atoms with E-state index >= 15 is 0 Å². The summed E-state index contributed by atoms with van der Waals surface area (Å²) in [4.78, 5) is 11.0. The van der Waals surface area contributed by atoms with Gasteiger partial charge in [-0.3, -0.25) is 4.79 Å². The molecule has 0 fully saturated rings. The van der Waals surface area contributed by atoms with Crippen molar-refractivity contribution in [2.45, 2.75) is 19.8 Å². The first-order chi connectivity index (χ1) is 7.40. The van der Waals surface area contributed by atoms with Crippen molar-refractivity contribution in [2.24, 2.45) is 5.73 Å². The fourth-order valence-electron chi connectivity index (χ4n) is 1.62. The lowest BCUT2D eigenvalue weighted by molar-refractivity contribution is -0.138. The second-order valence-electron chi connectivity index (χ2n) is 3.65. The Balaban J connectivity index is 3.47. The van der Waals surface area contributed by atoms with Gasteiger partial charge in [-0.25, -0.2) is 4.39 Å². The van der Waals surface area contributed by atoms with E-state index in [4.69, 9.17) is 10.8 Å². The molecule has 0 radical (unpaired) electrons. The third kappa shape index (κ3) is 2.25. The van der Waals surface area contributed by atoms with Gasteiger partial charge >= 0.3 is 5.97 Å². The molecule has 0 saturated heterocycles. The zero-order chi connectivity index (χ0) is 12.5. The van der Waals surface area contributed by atoms with Crippen molar-refractivity contribution in [3.8, 4) is 0 Å². The monoisotopic (exact) mass is 289 g/mol. The molecule has 1 unspecified atom stereocenters. The van der Waals surface area contributed by atoms with E-state index in [9.17, 15) is 9.18 Å². The van der Waals surface area contributed by atoms with Crippen molar-refractivity contribution in [1.29, 1.82) is 0 Å². The molecule has 0 spiro atoms. The quantitative estimate of drug-likeness (QED) is 0.898. The highest BCUT2D eigenvalue weighted by Crippen LogP contribution is 2.32. The molecule has 0 aliphatic heterocycles. The Morgan fingerprint density at radius 3 is 2.62 bits per heavy atom. The van der Waals surface area contributed by atoms with Crippen molar-refractivity contribution in [1.82, 2.24) is 0 Å². The Morgan fingerprint density at radius 1 is 1.62 bits per heavy atom. The number of carbonyl (C=O) groups is 1. The normalized spacial score (nSPS) is 12.6. The summed E-state index contributed by atoms with van der Waals surface area (Å²) in [5, 5.41) is 9.03. The number of hydrogen-bond acceptors (Lipinski definition) is 2. The predicted molar refractivity (Wildman–Crippen MR) is 63.0 cm³/mol. The average molecular weight is 290 g/mol. The molecule has 0 heterocycles. The van der Waals surface area contributed by atoms with Crippen LogP contribution in [0.2, 0.25) is 0 Å². The number of aliphatic carboxylic acids is 1. The maximum Gasteiger partial charge on any atom is 0.312 e. The molecule has 0 amide bonds. The fraction of sp³-hybridized carbons (Fsp3) is 0.364. The van der Waals surface area contributed by atoms with Gasteiger partial charge in [0.05, 0.1) is 10.4 Å². The van der Waals surface area contributed by atoms with Gasteiger partial charge in [0, 0.05) is 6.54 Å². The molecule has 3 N–H and O–H groups in total. The lowest BCUT2D eigenvalue weighted by Gasteiger charge is -2.17. The fourth-order valence-corrected chi connectivity index (χ4v) is 2.31. The summed E-state index contributed by atoms with van der Waals surface area (Å²) < 4.78 is 13.7. The summed E-state index contributed by atoms with van der Waals surface area (Å²) in [7, 11) is 0. The van der Waals surface area contributed by atoms with Gasteiger partial charge < -0.3 is 10.8 Å². The van der Waals surface area contributed by atoms with Crippen molar-refractivity contribution in [3.63, 3.8) is 0 Å². The molecule has 0 aliphatic carbocycles. The van der Waals surface area contributed by atoms with Crippen LogP contribution >= 0.6 is 15.9 Å². The molecule has 0 aliphatic rings. The number of nitrogens with two attached hydrogens (primary N) is 1. The van der Waals surface area contributed by atoms with E-state index in [1.54, 1.807) is 13.8 Å². The topological polar surface area (TPSA) is 63.3 Å². The van der Waals surface area contributed by atoms with Crippen LogP contribution in [0.3, 0.4) is 0 Å². The lowest BCUT2D eigenvalue weighted by Crippen LogP contribution is -2.23. The first-order valence-electron chi connectivity index (χ1n) is 4.78. The van der Waals surface area contributed by atoms with Gasteiger partial charge in [-0.1, -0.05) is 0 Å². The second kappa shape index (κ2) is 4.93. The van der Waals surface area contributed by atoms with Gasteiger partial charge in [0.15, 0.2) is 0 Å². The highest BCUT2D eigenvalue weighted by Gasteiger charge is 2.25. The number of carboxylic acids is 1. The van der Waals surface area contributed by atoms with Crippen LogP contribution in [-0.2, 0) is 4.79 Å². The minimum Gasteiger partial charge on any atom is -0.481 e. The number of carboxylic acid groups (broad SMARTS) is 1. The first-order valence-corrected chi connectivity index (χ1v) is 5.57. The molecule has 0 aromatic heterocycles. The third-order valence-corrected chi connectivity index (χ3v) is 3.47. The highest BCUT2D eigenvalue weighted by molar-refractivity contribution is 9.10. The summed E-state index contributed by atoms with van der Waals surface area (Å²) in [6, 6.07) is 1.37. The van der Waals surface area contributed by atoms with E-state index in [0.29, 0.717) is 5.56 Å². The van der Waals surface area contributed by atoms with Gasteiger partial charge in [0.2, 0.25) is 0 Å². The van der Waals surface area contributed by atoms with Crippen LogP contribution in [0.25, 0.3) is 0 Å². The molecule has 16 heavy (non-hydrogen) atoms. The summed E-state index contributed by atoms with van der Waals surface area (Å²) in [6.07, 6.45) is 0. The van der Waals surface area contributed by atoms with Gasteiger partial charge in [-0.15, -0.1) is 0 Å². The summed E-state index contributed by atoms with van der Waals surface area (Å²) in [5.74, 6) is -2.39. The van der Waals surface area contributed by atoms with E-state index in [1.165, 1.54) is 6.07 Å². The Kier molecular flexibility index (Phi) is 4.04. The molecule has 3 nitrogen and oxygen atoms in total. The molecule has 0 bridgehead atoms. The standard InChI is InChI=1S/C11H13BrFNO2/c1-5-3-8(13)10(12)9(6(5)2)7(4-14)11(15)16/h3,7H,4,14H2,1-2H3,(H,15,16). The van der Waals surface area contributed by atoms with Crippen LogP contribution in [0.15, 0.2) is 10.5 Å². The van der Waals surface area contributed by atoms with Crippen molar-refractivity contribution in [2.75, 3.05) is 6.54 Å². The van der Waals surface area contributed by atoms with E-state index in [-0.39, 0.29) is 11.0 Å². The minimum atomic E-state index is -1.05. The zero-order valence-corrected chi connectivity index (χ0v) is 10.6.